The minimum atomic E-state index is -5.67. The Labute approximate surface area is 241 Å². The summed E-state index contributed by atoms with van der Waals surface area (Å²) in [5.41, 5.74) is -2.24. The van der Waals surface area contributed by atoms with E-state index in [-0.39, 0.29) is 55.9 Å². The largest absolute Gasteiger partial charge is 0.431 e. The van der Waals surface area contributed by atoms with Gasteiger partial charge in [-0.05, 0) is 50.7 Å². The monoisotopic (exact) mass is 650 g/mol. The highest BCUT2D eigenvalue weighted by molar-refractivity contribution is 7.91. The molecule has 1 amide bonds. The smallest absolute Gasteiger partial charge is 0.400 e. The summed E-state index contributed by atoms with van der Waals surface area (Å²) < 4.78 is 134. The Morgan fingerprint density at radius 2 is 1.77 bits per heavy atom. The number of hydrogen-bond acceptors (Lipinski definition) is 7. The molecule has 3 rings (SSSR count). The lowest BCUT2D eigenvalue weighted by Crippen LogP contribution is -2.47. The quantitative estimate of drug-likeness (QED) is 0.364. The SMILES string of the molecule is CCc1nc(C(=O)NCC2(O)CCC(S(C)(=O)=O)CC2)c(C)n1-c1ncc(CC(C(F)(F)F)C(F)(F)F)cc1OC(F)F. The van der Waals surface area contributed by atoms with Gasteiger partial charge in [-0.1, -0.05) is 6.92 Å². The Morgan fingerprint density at radius 3 is 2.26 bits per heavy atom. The molecule has 18 heteroatoms. The fourth-order valence-corrected chi connectivity index (χ4v) is 6.04. The predicted molar refractivity (Wildman–Crippen MR) is 136 cm³/mol. The van der Waals surface area contributed by atoms with Crippen molar-refractivity contribution in [2.75, 3.05) is 12.8 Å². The van der Waals surface area contributed by atoms with Crippen LogP contribution in [-0.2, 0) is 22.7 Å². The molecule has 2 heterocycles. The standard InChI is InChI=1S/C25H30F8N4O5S/c1-4-18-36-19(21(38)35-12-23(39)7-5-15(6-8-23)43(3,40)41)13(2)37(18)20-16(42-22(26)27)9-14(11-34-20)10-17(24(28,29)30)25(31,32)33/h9,11,15,17,22,39H,4-8,10,12H2,1-3H3,(H,35,38). The summed E-state index contributed by atoms with van der Waals surface area (Å²) >= 11 is 0. The highest BCUT2D eigenvalue weighted by Gasteiger charge is 2.56. The number of pyridine rings is 1. The van der Waals surface area contributed by atoms with Crippen LogP contribution < -0.4 is 10.1 Å². The molecule has 1 aliphatic rings. The van der Waals surface area contributed by atoms with E-state index >= 15 is 0 Å². The van der Waals surface area contributed by atoms with Crippen molar-refractivity contribution in [3.05, 3.63) is 35.0 Å². The minimum absolute atomic E-state index is 0.0324. The number of amides is 1. The molecule has 1 fully saturated rings. The number of nitrogens with zero attached hydrogens (tertiary/aromatic N) is 3. The summed E-state index contributed by atoms with van der Waals surface area (Å²) in [5, 5.41) is 12.8. The third kappa shape index (κ3) is 8.33. The third-order valence-electron chi connectivity index (χ3n) is 7.30. The zero-order valence-electron chi connectivity index (χ0n) is 23.2. The topological polar surface area (TPSA) is 123 Å². The molecule has 0 saturated heterocycles. The van der Waals surface area contributed by atoms with Crippen LogP contribution in [0.5, 0.6) is 5.75 Å². The van der Waals surface area contributed by atoms with Crippen LogP contribution in [0.4, 0.5) is 35.1 Å². The number of nitrogens with one attached hydrogen (secondary N) is 1. The molecular weight excluding hydrogens is 620 g/mol. The molecule has 0 atom stereocenters. The number of aromatic nitrogens is 3. The summed E-state index contributed by atoms with van der Waals surface area (Å²) in [4.78, 5) is 21.1. The van der Waals surface area contributed by atoms with Crippen molar-refractivity contribution in [2.24, 2.45) is 5.92 Å². The second-order valence-electron chi connectivity index (χ2n) is 10.5. The number of aliphatic hydroxyl groups is 1. The molecular formula is C25H30F8N4O5S. The number of aryl methyl sites for hydroxylation is 1. The zero-order chi connectivity index (χ0) is 32.5. The first kappa shape index (κ1) is 34.5. The molecule has 0 unspecified atom stereocenters. The number of ether oxygens (including phenoxy) is 1. The highest BCUT2D eigenvalue weighted by Crippen LogP contribution is 2.42. The van der Waals surface area contributed by atoms with E-state index in [1.54, 1.807) is 6.92 Å². The van der Waals surface area contributed by atoms with E-state index in [0.717, 1.165) is 10.8 Å². The highest BCUT2D eigenvalue weighted by atomic mass is 32.2. The molecule has 1 aliphatic carbocycles. The molecule has 2 aromatic heterocycles. The summed E-state index contributed by atoms with van der Waals surface area (Å²) in [6.45, 7) is -0.824. The summed E-state index contributed by atoms with van der Waals surface area (Å²) in [6.07, 6.45) is -10.5. The van der Waals surface area contributed by atoms with Crippen LogP contribution in [0.25, 0.3) is 5.82 Å². The first-order chi connectivity index (χ1) is 19.7. The lowest BCUT2D eigenvalue weighted by molar-refractivity contribution is -0.283. The number of imidazole rings is 1. The third-order valence-corrected chi connectivity index (χ3v) is 8.99. The number of rotatable bonds is 10. The number of carbonyl (C=O) groups excluding carboxylic acids is 1. The van der Waals surface area contributed by atoms with Gasteiger partial charge in [0.25, 0.3) is 5.91 Å². The fraction of sp³-hybridized carbons (Fsp3) is 0.640. The van der Waals surface area contributed by atoms with E-state index in [1.807, 2.05) is 0 Å². The number of hydrogen-bond donors (Lipinski definition) is 2. The fourth-order valence-electron chi connectivity index (χ4n) is 4.95. The van der Waals surface area contributed by atoms with E-state index in [0.29, 0.717) is 12.3 Å². The average molecular weight is 651 g/mol. The van der Waals surface area contributed by atoms with Gasteiger partial charge in [0, 0.05) is 25.4 Å². The van der Waals surface area contributed by atoms with Gasteiger partial charge in [0.1, 0.15) is 21.4 Å². The molecule has 43 heavy (non-hydrogen) atoms. The molecule has 0 aliphatic heterocycles. The zero-order valence-corrected chi connectivity index (χ0v) is 24.0. The van der Waals surface area contributed by atoms with Crippen molar-refractivity contribution in [3.63, 3.8) is 0 Å². The van der Waals surface area contributed by atoms with Crippen LogP contribution >= 0.6 is 0 Å². The maximum atomic E-state index is 13.3. The Kier molecular flexibility index (Phi) is 10.0. The minimum Gasteiger partial charge on any atom is -0.431 e. The number of sulfone groups is 1. The van der Waals surface area contributed by atoms with Crippen LogP contribution in [0.1, 0.15) is 60.2 Å². The van der Waals surface area contributed by atoms with E-state index in [9.17, 15) is 53.4 Å². The second kappa shape index (κ2) is 12.5. The van der Waals surface area contributed by atoms with Crippen LogP contribution in [0.2, 0.25) is 0 Å². The van der Waals surface area contributed by atoms with Crippen molar-refractivity contribution in [3.8, 4) is 11.6 Å². The van der Waals surface area contributed by atoms with E-state index in [4.69, 9.17) is 0 Å². The number of alkyl halides is 8. The van der Waals surface area contributed by atoms with Crippen molar-refractivity contribution in [2.45, 2.75) is 82.2 Å². The molecule has 9 nitrogen and oxygen atoms in total. The number of halogens is 8. The van der Waals surface area contributed by atoms with Gasteiger partial charge in [-0.15, -0.1) is 0 Å². The first-order valence-electron chi connectivity index (χ1n) is 13.0. The Balaban J connectivity index is 1.91. The van der Waals surface area contributed by atoms with Gasteiger partial charge in [0.2, 0.25) is 0 Å². The Morgan fingerprint density at radius 1 is 1.19 bits per heavy atom. The molecule has 242 valence electrons. The van der Waals surface area contributed by atoms with Crippen molar-refractivity contribution >= 4 is 15.7 Å². The van der Waals surface area contributed by atoms with E-state index < -0.39 is 75.0 Å². The Bertz CT molecular complexity index is 1400. The predicted octanol–water partition coefficient (Wildman–Crippen LogP) is 4.47. The van der Waals surface area contributed by atoms with Crippen LogP contribution in [0.15, 0.2) is 12.3 Å². The molecule has 0 spiro atoms. The summed E-state index contributed by atoms with van der Waals surface area (Å²) in [6, 6.07) is 0.597. The van der Waals surface area contributed by atoms with Gasteiger partial charge in [-0.3, -0.25) is 9.36 Å². The maximum absolute atomic E-state index is 13.3. The molecule has 2 aromatic rings. The average Bonchev–Trinajstić information content (AvgIpc) is 3.20. The molecule has 0 bridgehead atoms. The van der Waals surface area contributed by atoms with Crippen molar-refractivity contribution < 1.29 is 58.2 Å². The Hall–Kier alpha value is -3.02. The maximum Gasteiger partial charge on any atom is 0.400 e. The lowest BCUT2D eigenvalue weighted by atomic mass is 9.84. The summed E-state index contributed by atoms with van der Waals surface area (Å²) in [5.74, 6) is -5.76. The van der Waals surface area contributed by atoms with Gasteiger partial charge in [0.15, 0.2) is 17.5 Å². The number of carbonyl (C=O) groups is 1. The molecule has 0 radical (unpaired) electrons. The first-order valence-corrected chi connectivity index (χ1v) is 15.0. The van der Waals surface area contributed by atoms with Crippen molar-refractivity contribution in [1.29, 1.82) is 0 Å². The van der Waals surface area contributed by atoms with Crippen LogP contribution in [0, 0.1) is 12.8 Å². The summed E-state index contributed by atoms with van der Waals surface area (Å²) in [7, 11) is -3.29. The van der Waals surface area contributed by atoms with E-state index in [1.165, 1.54) is 6.92 Å². The lowest BCUT2D eigenvalue weighted by Gasteiger charge is -2.35. The van der Waals surface area contributed by atoms with E-state index in [2.05, 4.69) is 20.0 Å². The second-order valence-corrected chi connectivity index (χ2v) is 12.8. The van der Waals surface area contributed by atoms with Crippen molar-refractivity contribution in [1.82, 2.24) is 19.9 Å². The van der Waals surface area contributed by atoms with Gasteiger partial charge in [-0.25, -0.2) is 18.4 Å². The van der Waals surface area contributed by atoms with Gasteiger partial charge in [-0.2, -0.15) is 35.1 Å². The molecule has 1 saturated carbocycles. The molecule has 0 aromatic carbocycles. The van der Waals surface area contributed by atoms with Crippen LogP contribution in [-0.4, -0.2) is 76.6 Å². The van der Waals surface area contributed by atoms with Gasteiger partial charge >= 0.3 is 19.0 Å². The van der Waals surface area contributed by atoms with Gasteiger partial charge < -0.3 is 15.2 Å². The normalized spacial score (nSPS) is 20.1. The van der Waals surface area contributed by atoms with Crippen LogP contribution in [0.3, 0.4) is 0 Å². The molecule has 2 N–H and O–H groups in total. The van der Waals surface area contributed by atoms with Gasteiger partial charge in [0.05, 0.1) is 16.5 Å².